The Labute approximate surface area is 227 Å². The van der Waals surface area contributed by atoms with E-state index >= 15 is 0 Å². The van der Waals surface area contributed by atoms with Gasteiger partial charge in [-0.25, -0.2) is 0 Å². The lowest BCUT2D eigenvalue weighted by molar-refractivity contribution is -0.117. The van der Waals surface area contributed by atoms with Gasteiger partial charge in [-0.15, -0.1) is 0 Å². The third-order valence-corrected chi connectivity index (χ3v) is 12.3. The molecule has 0 aromatic heterocycles. The van der Waals surface area contributed by atoms with Gasteiger partial charge < -0.3 is 9.84 Å². The summed E-state index contributed by atoms with van der Waals surface area (Å²) in [6.45, 7) is 12.7. The zero-order valence-electron chi connectivity index (χ0n) is 24.6. The normalized spacial score (nSPS) is 41.2. The fraction of sp³-hybridized carbons (Fsp3) is 0.771. The highest BCUT2D eigenvalue weighted by atomic mass is 16.5. The molecule has 0 saturated heterocycles. The fourth-order valence-corrected chi connectivity index (χ4v) is 10.3. The van der Waals surface area contributed by atoms with Gasteiger partial charge in [-0.05, 0) is 127 Å². The average molecular weight is 507 g/mol. The van der Waals surface area contributed by atoms with Crippen LogP contribution < -0.4 is 4.74 Å². The van der Waals surface area contributed by atoms with Gasteiger partial charge in [0.15, 0.2) is 0 Å². The van der Waals surface area contributed by atoms with Crippen molar-refractivity contribution in [3.63, 3.8) is 0 Å². The molecule has 4 aliphatic carbocycles. The van der Waals surface area contributed by atoms with Crippen LogP contribution in [-0.2, 0) is 0 Å². The van der Waals surface area contributed by atoms with Crippen molar-refractivity contribution >= 4 is 6.08 Å². The number of ether oxygens (including phenoxy) is 1. The third-order valence-electron chi connectivity index (χ3n) is 12.3. The molecule has 9 atom stereocenters. The van der Waals surface area contributed by atoms with Crippen LogP contribution in [0.4, 0.5) is 0 Å². The van der Waals surface area contributed by atoms with Crippen molar-refractivity contribution < 1.29 is 9.84 Å². The van der Waals surface area contributed by atoms with Crippen LogP contribution in [0.5, 0.6) is 5.75 Å². The monoisotopic (exact) mass is 506 g/mol. The standard InChI is InChI=1S/C35H54O2/c1-23(2)8-7-9-24(3)30-16-17-31-29-15-12-27-21-33(36)26(20-25-10-13-28(37-6)14-11-25)22-35(27,5)32(29)18-19-34(30,31)4/h10-11,13-14,20,23-24,27,29-33,36H,7-9,12,15-19,21-22H2,1-6H3/b26-20-/t24-,27+,29+,30-,31-,32-,33-,34+,35+/m1/s1. The first-order chi connectivity index (χ1) is 17.7. The molecule has 4 fully saturated rings. The van der Waals surface area contributed by atoms with Gasteiger partial charge in [0.25, 0.3) is 0 Å². The van der Waals surface area contributed by atoms with E-state index in [1.807, 2.05) is 12.1 Å². The predicted molar refractivity (Wildman–Crippen MR) is 155 cm³/mol. The first kappa shape index (κ1) is 27.3. The Kier molecular flexibility index (Phi) is 7.90. The SMILES string of the molecule is COc1ccc(/C=C2/C[C@@]3(C)[C@@H](CC[C@H]4[C@H]5CC[C@H]([C@H](C)CCCC(C)C)[C@]5(C)CC[C@H]43)C[C@H]2O)cc1. The molecule has 2 nitrogen and oxygen atoms in total. The van der Waals surface area contributed by atoms with E-state index in [1.54, 1.807) is 7.11 Å². The van der Waals surface area contributed by atoms with Crippen LogP contribution in [0.2, 0.25) is 0 Å². The zero-order chi connectivity index (χ0) is 26.4. The van der Waals surface area contributed by atoms with Crippen LogP contribution in [0.1, 0.15) is 111 Å². The summed E-state index contributed by atoms with van der Waals surface area (Å²) in [6.07, 6.45) is 16.8. The second kappa shape index (κ2) is 10.7. The fourth-order valence-electron chi connectivity index (χ4n) is 10.3. The number of hydrogen-bond donors (Lipinski definition) is 1. The molecule has 206 valence electrons. The number of aliphatic hydroxyl groups is 1. The Morgan fingerprint density at radius 2 is 1.68 bits per heavy atom. The van der Waals surface area contributed by atoms with Crippen molar-refractivity contribution in [3.05, 3.63) is 35.4 Å². The molecule has 0 amide bonds. The van der Waals surface area contributed by atoms with E-state index in [4.69, 9.17) is 4.74 Å². The van der Waals surface area contributed by atoms with E-state index in [0.717, 1.165) is 54.1 Å². The number of fused-ring (bicyclic) bond motifs is 5. The molecule has 0 aliphatic heterocycles. The van der Waals surface area contributed by atoms with E-state index in [2.05, 4.69) is 52.8 Å². The molecule has 4 aliphatic rings. The van der Waals surface area contributed by atoms with Gasteiger partial charge in [0.05, 0.1) is 13.2 Å². The maximum Gasteiger partial charge on any atom is 0.118 e. The van der Waals surface area contributed by atoms with Crippen molar-refractivity contribution in [2.45, 2.75) is 111 Å². The van der Waals surface area contributed by atoms with Gasteiger partial charge in [0.2, 0.25) is 0 Å². The molecule has 0 spiro atoms. The van der Waals surface area contributed by atoms with Gasteiger partial charge in [-0.1, -0.05) is 72.1 Å². The van der Waals surface area contributed by atoms with Crippen LogP contribution in [0, 0.1) is 52.3 Å². The minimum Gasteiger partial charge on any atom is -0.497 e. The summed E-state index contributed by atoms with van der Waals surface area (Å²) in [6, 6.07) is 8.32. The number of aliphatic hydroxyl groups excluding tert-OH is 1. The van der Waals surface area contributed by atoms with Crippen LogP contribution in [0.25, 0.3) is 6.08 Å². The Bertz CT molecular complexity index is 947. The molecule has 4 saturated carbocycles. The number of hydrogen-bond acceptors (Lipinski definition) is 2. The van der Waals surface area contributed by atoms with Crippen molar-refractivity contribution in [1.82, 2.24) is 0 Å². The second-order valence-corrected chi connectivity index (χ2v) is 14.6. The molecule has 1 aromatic carbocycles. The third kappa shape index (κ3) is 5.06. The summed E-state index contributed by atoms with van der Waals surface area (Å²) >= 11 is 0. The Balaban J connectivity index is 1.33. The molecule has 0 unspecified atom stereocenters. The van der Waals surface area contributed by atoms with E-state index < -0.39 is 0 Å². The summed E-state index contributed by atoms with van der Waals surface area (Å²) in [4.78, 5) is 0. The van der Waals surface area contributed by atoms with Crippen LogP contribution in [0.15, 0.2) is 29.8 Å². The minimum absolute atomic E-state index is 0.284. The lowest BCUT2D eigenvalue weighted by Gasteiger charge is -2.61. The highest BCUT2D eigenvalue weighted by Gasteiger charge is 2.60. The number of benzene rings is 1. The van der Waals surface area contributed by atoms with Crippen molar-refractivity contribution in [1.29, 1.82) is 0 Å². The minimum atomic E-state index is -0.284. The van der Waals surface area contributed by atoms with Crippen LogP contribution in [0.3, 0.4) is 0 Å². The summed E-state index contributed by atoms with van der Waals surface area (Å²) in [5.74, 6) is 6.84. The maximum atomic E-state index is 11.2. The van der Waals surface area contributed by atoms with Crippen molar-refractivity contribution in [3.8, 4) is 5.75 Å². The lowest BCUT2D eigenvalue weighted by Crippen LogP contribution is -2.54. The van der Waals surface area contributed by atoms with Gasteiger partial charge >= 0.3 is 0 Å². The molecule has 1 aromatic rings. The molecular formula is C35H54O2. The maximum absolute atomic E-state index is 11.2. The number of rotatable bonds is 7. The summed E-state index contributed by atoms with van der Waals surface area (Å²) < 4.78 is 5.35. The molecule has 0 bridgehead atoms. The zero-order valence-corrected chi connectivity index (χ0v) is 24.6. The largest absolute Gasteiger partial charge is 0.497 e. The summed E-state index contributed by atoms with van der Waals surface area (Å²) in [7, 11) is 1.72. The molecule has 0 radical (unpaired) electrons. The molecule has 0 heterocycles. The highest BCUT2D eigenvalue weighted by molar-refractivity contribution is 5.55. The van der Waals surface area contributed by atoms with Crippen molar-refractivity contribution in [2.24, 2.45) is 52.3 Å². The number of methoxy groups -OCH3 is 1. The Hall–Kier alpha value is -1.28. The van der Waals surface area contributed by atoms with E-state index in [-0.39, 0.29) is 6.10 Å². The first-order valence-electron chi connectivity index (χ1n) is 15.7. The summed E-state index contributed by atoms with van der Waals surface area (Å²) in [5.41, 5.74) is 3.34. The van der Waals surface area contributed by atoms with Crippen LogP contribution in [-0.4, -0.2) is 18.3 Å². The second-order valence-electron chi connectivity index (χ2n) is 14.6. The van der Waals surface area contributed by atoms with E-state index in [1.165, 1.54) is 68.9 Å². The smallest absolute Gasteiger partial charge is 0.118 e. The molecule has 1 N–H and O–H groups in total. The Morgan fingerprint density at radius 3 is 2.38 bits per heavy atom. The first-order valence-corrected chi connectivity index (χ1v) is 15.7. The topological polar surface area (TPSA) is 29.5 Å². The van der Waals surface area contributed by atoms with E-state index in [0.29, 0.717) is 16.7 Å². The van der Waals surface area contributed by atoms with Gasteiger partial charge in [0, 0.05) is 0 Å². The molecule has 2 heteroatoms. The van der Waals surface area contributed by atoms with Gasteiger partial charge in [0.1, 0.15) is 5.75 Å². The predicted octanol–water partition coefficient (Wildman–Crippen LogP) is 9.17. The van der Waals surface area contributed by atoms with Gasteiger partial charge in [-0.2, -0.15) is 0 Å². The average Bonchev–Trinajstić information content (AvgIpc) is 3.22. The quantitative estimate of drug-likeness (QED) is 0.399. The van der Waals surface area contributed by atoms with Crippen LogP contribution >= 0.6 is 0 Å². The van der Waals surface area contributed by atoms with Crippen molar-refractivity contribution in [2.75, 3.05) is 7.11 Å². The molecule has 5 rings (SSSR count). The molecular weight excluding hydrogens is 452 g/mol. The highest BCUT2D eigenvalue weighted by Crippen LogP contribution is 2.68. The molecule has 37 heavy (non-hydrogen) atoms. The Morgan fingerprint density at radius 1 is 0.946 bits per heavy atom. The van der Waals surface area contributed by atoms with E-state index in [9.17, 15) is 5.11 Å². The lowest BCUT2D eigenvalue weighted by atomic mass is 9.44. The summed E-state index contributed by atoms with van der Waals surface area (Å²) in [5, 5.41) is 11.2. The van der Waals surface area contributed by atoms with Gasteiger partial charge in [-0.3, -0.25) is 0 Å².